The number of benzene rings is 4. The van der Waals surface area contributed by atoms with Crippen LogP contribution in [0.3, 0.4) is 0 Å². The highest BCUT2D eigenvalue weighted by atomic mass is 19.1. The van der Waals surface area contributed by atoms with Gasteiger partial charge in [0.15, 0.2) is 0 Å². The maximum absolute atomic E-state index is 15.0. The minimum Gasteiger partial charge on any atom is -0.334 e. The molecule has 1 aliphatic heterocycles. The molecule has 0 saturated heterocycles. The van der Waals surface area contributed by atoms with E-state index in [1.165, 1.54) is 17.2 Å². The number of H-pyrrole nitrogens is 1. The van der Waals surface area contributed by atoms with Crippen molar-refractivity contribution in [2.24, 2.45) is 0 Å². The van der Waals surface area contributed by atoms with Crippen molar-refractivity contribution in [1.82, 2.24) is 15.1 Å². The van der Waals surface area contributed by atoms with E-state index < -0.39 is 0 Å². The Kier molecular flexibility index (Phi) is 5.85. The van der Waals surface area contributed by atoms with Crippen LogP contribution in [0, 0.1) is 5.82 Å². The summed E-state index contributed by atoms with van der Waals surface area (Å²) >= 11 is 0. The monoisotopic (exact) mass is 489 g/mol. The third kappa shape index (κ3) is 4.42. The maximum atomic E-state index is 15.0. The molecule has 5 aromatic rings. The van der Waals surface area contributed by atoms with E-state index in [0.717, 1.165) is 17.4 Å². The molecule has 2 heterocycles. The molecule has 1 aromatic heterocycles. The van der Waals surface area contributed by atoms with E-state index in [0.29, 0.717) is 47.3 Å². The summed E-state index contributed by atoms with van der Waals surface area (Å²) in [7, 11) is 0. The Morgan fingerprint density at radius 3 is 2.54 bits per heavy atom. The lowest BCUT2D eigenvalue weighted by molar-refractivity contribution is 0.0734. The van der Waals surface area contributed by atoms with Gasteiger partial charge in [-0.25, -0.2) is 9.49 Å². The van der Waals surface area contributed by atoms with Crippen molar-refractivity contribution in [2.75, 3.05) is 6.54 Å². The van der Waals surface area contributed by atoms with Gasteiger partial charge in [-0.2, -0.15) is 5.10 Å². The average Bonchev–Trinajstić information content (AvgIpc) is 2.95. The summed E-state index contributed by atoms with van der Waals surface area (Å²) in [4.78, 5) is 27.3. The summed E-state index contributed by atoms with van der Waals surface area (Å²) in [5, 5.41) is 8.15. The van der Waals surface area contributed by atoms with E-state index in [9.17, 15) is 14.0 Å². The van der Waals surface area contributed by atoms with Crippen molar-refractivity contribution in [2.45, 2.75) is 19.4 Å². The van der Waals surface area contributed by atoms with Gasteiger partial charge in [0, 0.05) is 36.0 Å². The quantitative estimate of drug-likeness (QED) is 0.362. The molecule has 0 radical (unpaired) electrons. The Bertz CT molecular complexity index is 1710. The number of carbonyl (C=O) groups excluding carboxylic acids is 1. The van der Waals surface area contributed by atoms with Crippen LogP contribution in [0.5, 0.6) is 0 Å². The predicted molar refractivity (Wildman–Crippen MR) is 142 cm³/mol. The molecule has 6 heteroatoms. The molecule has 37 heavy (non-hydrogen) atoms. The second kappa shape index (κ2) is 9.47. The van der Waals surface area contributed by atoms with Gasteiger partial charge in [-0.1, -0.05) is 60.7 Å². The molecule has 0 spiro atoms. The van der Waals surface area contributed by atoms with Gasteiger partial charge in [-0.05, 0) is 59.0 Å². The Morgan fingerprint density at radius 2 is 1.68 bits per heavy atom. The first-order chi connectivity index (χ1) is 18.1. The predicted octanol–water partition coefficient (Wildman–Crippen LogP) is 5.52. The number of nitrogens with zero attached hydrogens (tertiary/aromatic N) is 2. The molecule has 0 unspecified atom stereocenters. The van der Waals surface area contributed by atoms with Crippen molar-refractivity contribution < 1.29 is 9.18 Å². The third-order valence-electron chi connectivity index (χ3n) is 7.02. The SMILES string of the molecule is O=C(c1cccc(-c2cc(Cc3n[nH]c(=O)c4ccccc34)ccc2F)c1)N1CCc2ccccc2C1. The Balaban J connectivity index is 1.29. The second-order valence-corrected chi connectivity index (χ2v) is 9.36. The van der Waals surface area contributed by atoms with E-state index in [1.807, 2.05) is 41.3 Å². The minimum atomic E-state index is -0.362. The van der Waals surface area contributed by atoms with Gasteiger partial charge < -0.3 is 4.90 Å². The number of rotatable bonds is 4. The molecule has 4 aromatic carbocycles. The van der Waals surface area contributed by atoms with Crippen LogP contribution in [-0.2, 0) is 19.4 Å². The minimum absolute atomic E-state index is 0.0585. The zero-order chi connectivity index (χ0) is 25.4. The zero-order valence-electron chi connectivity index (χ0n) is 20.1. The third-order valence-corrected chi connectivity index (χ3v) is 7.02. The fourth-order valence-electron chi connectivity index (χ4n) is 5.07. The first kappa shape index (κ1) is 22.9. The van der Waals surface area contributed by atoms with Crippen molar-refractivity contribution in [3.05, 3.63) is 135 Å². The normalized spacial score (nSPS) is 12.9. The number of aromatic nitrogens is 2. The first-order valence-corrected chi connectivity index (χ1v) is 12.3. The van der Waals surface area contributed by atoms with Gasteiger partial charge in [0.2, 0.25) is 0 Å². The number of aromatic amines is 1. The fourth-order valence-corrected chi connectivity index (χ4v) is 5.07. The number of nitrogens with one attached hydrogen (secondary N) is 1. The summed E-state index contributed by atoms with van der Waals surface area (Å²) in [6, 6.07) is 27.6. The number of hydrogen-bond donors (Lipinski definition) is 1. The van der Waals surface area contributed by atoms with Crippen LogP contribution < -0.4 is 5.56 Å². The largest absolute Gasteiger partial charge is 0.334 e. The smallest absolute Gasteiger partial charge is 0.272 e. The van der Waals surface area contributed by atoms with E-state index in [-0.39, 0.29) is 17.3 Å². The molecule has 1 N–H and O–H groups in total. The highest BCUT2D eigenvalue weighted by Gasteiger charge is 2.22. The van der Waals surface area contributed by atoms with Gasteiger partial charge >= 0.3 is 0 Å². The van der Waals surface area contributed by atoms with Crippen LogP contribution in [0.4, 0.5) is 4.39 Å². The standard InChI is InChI=1S/C31H24FN3O2/c32-28-13-12-20(17-29-25-10-3-4-11-26(25)30(36)34-33-29)16-27(28)22-8-5-9-23(18-22)31(37)35-15-14-21-6-1-2-7-24(21)19-35/h1-13,16,18H,14-15,17,19H2,(H,34,36). The number of amides is 1. The summed E-state index contributed by atoms with van der Waals surface area (Å²) in [5.74, 6) is -0.420. The molecule has 0 fully saturated rings. The van der Waals surface area contributed by atoms with E-state index >= 15 is 0 Å². The van der Waals surface area contributed by atoms with Crippen LogP contribution in [0.15, 0.2) is 95.8 Å². The number of hydrogen-bond acceptors (Lipinski definition) is 3. The molecular formula is C31H24FN3O2. The van der Waals surface area contributed by atoms with Crippen LogP contribution in [0.25, 0.3) is 21.9 Å². The second-order valence-electron chi connectivity index (χ2n) is 9.36. The lowest BCUT2D eigenvalue weighted by atomic mass is 9.96. The summed E-state index contributed by atoms with van der Waals surface area (Å²) in [6.07, 6.45) is 1.25. The van der Waals surface area contributed by atoms with Gasteiger partial charge in [-0.3, -0.25) is 9.59 Å². The lowest BCUT2D eigenvalue weighted by Crippen LogP contribution is -2.35. The van der Waals surface area contributed by atoms with Crippen LogP contribution in [0.1, 0.15) is 32.7 Å². The molecule has 5 nitrogen and oxygen atoms in total. The molecule has 1 aliphatic rings. The highest BCUT2D eigenvalue weighted by Crippen LogP contribution is 2.28. The topological polar surface area (TPSA) is 66.1 Å². The Hall–Kier alpha value is -4.58. The summed E-state index contributed by atoms with van der Waals surface area (Å²) in [5.41, 5.74) is 5.37. The zero-order valence-corrected chi connectivity index (χ0v) is 20.1. The number of carbonyl (C=O) groups is 1. The van der Waals surface area contributed by atoms with E-state index in [1.54, 1.807) is 36.4 Å². The summed E-state index contributed by atoms with van der Waals surface area (Å²) < 4.78 is 15.0. The van der Waals surface area contributed by atoms with Crippen molar-refractivity contribution in [1.29, 1.82) is 0 Å². The lowest BCUT2D eigenvalue weighted by Gasteiger charge is -2.29. The van der Waals surface area contributed by atoms with Crippen LogP contribution in [0.2, 0.25) is 0 Å². The Morgan fingerprint density at radius 1 is 0.892 bits per heavy atom. The molecule has 0 atom stereocenters. The number of fused-ring (bicyclic) bond motifs is 2. The van der Waals surface area contributed by atoms with Crippen molar-refractivity contribution >= 4 is 16.7 Å². The Labute approximate surface area is 213 Å². The van der Waals surface area contributed by atoms with Gasteiger partial charge in [0.05, 0.1) is 11.1 Å². The molecule has 0 aliphatic carbocycles. The van der Waals surface area contributed by atoms with Crippen molar-refractivity contribution in [3.8, 4) is 11.1 Å². The number of halogens is 1. The van der Waals surface area contributed by atoms with E-state index in [4.69, 9.17) is 0 Å². The molecule has 6 rings (SSSR count). The molecule has 0 bridgehead atoms. The van der Waals surface area contributed by atoms with Crippen molar-refractivity contribution in [3.63, 3.8) is 0 Å². The molecule has 1 amide bonds. The average molecular weight is 490 g/mol. The molecule has 0 saturated carbocycles. The van der Waals surface area contributed by atoms with Gasteiger partial charge in [0.1, 0.15) is 5.82 Å². The first-order valence-electron chi connectivity index (χ1n) is 12.3. The van der Waals surface area contributed by atoms with Gasteiger partial charge in [-0.15, -0.1) is 0 Å². The van der Waals surface area contributed by atoms with Crippen LogP contribution in [-0.4, -0.2) is 27.5 Å². The maximum Gasteiger partial charge on any atom is 0.272 e. The van der Waals surface area contributed by atoms with Gasteiger partial charge in [0.25, 0.3) is 11.5 Å². The van der Waals surface area contributed by atoms with E-state index in [2.05, 4.69) is 22.3 Å². The highest BCUT2D eigenvalue weighted by molar-refractivity contribution is 5.95. The fraction of sp³-hybridized carbons (Fsp3) is 0.129. The molecule has 182 valence electrons. The van der Waals surface area contributed by atoms with Crippen LogP contribution >= 0.6 is 0 Å². The summed E-state index contributed by atoms with van der Waals surface area (Å²) in [6.45, 7) is 1.23. The molecular weight excluding hydrogens is 465 g/mol.